The highest BCUT2D eigenvalue weighted by molar-refractivity contribution is 5.33. The predicted molar refractivity (Wildman–Crippen MR) is 79.7 cm³/mol. The van der Waals surface area contributed by atoms with Gasteiger partial charge in [-0.3, -0.25) is 5.43 Å². The van der Waals surface area contributed by atoms with E-state index in [1.165, 1.54) is 12.4 Å². The first-order valence-corrected chi connectivity index (χ1v) is 7.68. The highest BCUT2D eigenvalue weighted by Gasteiger charge is 2.41. The van der Waals surface area contributed by atoms with Gasteiger partial charge in [-0.2, -0.15) is 5.10 Å². The summed E-state index contributed by atoms with van der Waals surface area (Å²) in [6, 6.07) is 4.10. The maximum Gasteiger partial charge on any atom is 0.160 e. The number of hydrogen-bond donors (Lipinski definition) is 2. The standard InChI is InChI=1S/C15H18F2N6/c1-22-5-4-13-10(7-22)14(21-20-13)15-18-8-19-23(15)9-2-3-11(16)12(17)6-9/h2-3,6,8,10,13-14,20-21H,4-5,7H2,1H3. The molecule has 2 saturated heterocycles. The Kier molecular flexibility index (Phi) is 3.59. The molecule has 122 valence electrons. The molecule has 3 atom stereocenters. The van der Waals surface area contributed by atoms with Crippen LogP contribution in [-0.2, 0) is 0 Å². The van der Waals surface area contributed by atoms with E-state index < -0.39 is 11.6 Å². The molecular weight excluding hydrogens is 302 g/mol. The Labute approximate surface area is 132 Å². The number of nitrogens with one attached hydrogen (secondary N) is 2. The predicted octanol–water partition coefficient (Wildman–Crippen LogP) is 1.01. The average Bonchev–Trinajstić information content (AvgIpc) is 3.15. The number of piperidine rings is 1. The van der Waals surface area contributed by atoms with Crippen LogP contribution in [0.5, 0.6) is 0 Å². The van der Waals surface area contributed by atoms with Crippen LogP contribution in [0.2, 0.25) is 0 Å². The van der Waals surface area contributed by atoms with E-state index >= 15 is 0 Å². The Morgan fingerprint density at radius 3 is 2.91 bits per heavy atom. The molecule has 2 aromatic rings. The molecule has 23 heavy (non-hydrogen) atoms. The van der Waals surface area contributed by atoms with Crippen LogP contribution in [0, 0.1) is 17.6 Å². The van der Waals surface area contributed by atoms with Crippen LogP contribution in [-0.4, -0.2) is 45.8 Å². The summed E-state index contributed by atoms with van der Waals surface area (Å²) in [4.78, 5) is 6.65. The van der Waals surface area contributed by atoms with Crippen LogP contribution >= 0.6 is 0 Å². The van der Waals surface area contributed by atoms with Gasteiger partial charge in [0, 0.05) is 24.6 Å². The Hall–Kier alpha value is -1.90. The minimum atomic E-state index is -0.892. The number of rotatable bonds is 2. The number of hydrogen-bond acceptors (Lipinski definition) is 5. The summed E-state index contributed by atoms with van der Waals surface area (Å²) in [5.74, 6) is -0.713. The molecule has 0 spiro atoms. The van der Waals surface area contributed by atoms with Gasteiger partial charge in [-0.05, 0) is 32.1 Å². The maximum absolute atomic E-state index is 13.5. The Bertz CT molecular complexity index is 718. The van der Waals surface area contributed by atoms with E-state index in [0.717, 1.165) is 31.6 Å². The van der Waals surface area contributed by atoms with E-state index in [2.05, 4.69) is 32.9 Å². The van der Waals surface area contributed by atoms with Gasteiger partial charge in [-0.1, -0.05) is 0 Å². The van der Waals surface area contributed by atoms with Crippen LogP contribution in [0.25, 0.3) is 5.69 Å². The van der Waals surface area contributed by atoms with Crippen molar-refractivity contribution in [3.8, 4) is 5.69 Å². The fourth-order valence-electron chi connectivity index (χ4n) is 3.51. The van der Waals surface area contributed by atoms with Crippen molar-refractivity contribution in [2.75, 3.05) is 20.1 Å². The van der Waals surface area contributed by atoms with E-state index in [1.54, 1.807) is 4.68 Å². The number of likely N-dealkylation sites (tertiary alicyclic amines) is 1. The number of aromatic nitrogens is 3. The van der Waals surface area contributed by atoms with Crippen molar-refractivity contribution in [1.29, 1.82) is 0 Å². The summed E-state index contributed by atoms with van der Waals surface area (Å²) < 4.78 is 28.3. The summed E-state index contributed by atoms with van der Waals surface area (Å²) in [7, 11) is 2.10. The van der Waals surface area contributed by atoms with Crippen molar-refractivity contribution in [3.05, 3.63) is 42.0 Å². The van der Waals surface area contributed by atoms with Gasteiger partial charge >= 0.3 is 0 Å². The normalized spacial score (nSPS) is 28.0. The molecule has 0 aliphatic carbocycles. The molecule has 2 fully saturated rings. The molecule has 3 unspecified atom stereocenters. The van der Waals surface area contributed by atoms with Gasteiger partial charge in [0.25, 0.3) is 0 Å². The number of benzene rings is 1. The van der Waals surface area contributed by atoms with E-state index in [4.69, 9.17) is 0 Å². The topological polar surface area (TPSA) is 58.0 Å². The molecule has 8 heteroatoms. The zero-order valence-electron chi connectivity index (χ0n) is 12.7. The molecule has 0 radical (unpaired) electrons. The van der Waals surface area contributed by atoms with Gasteiger partial charge in [-0.25, -0.2) is 23.9 Å². The Morgan fingerprint density at radius 2 is 2.09 bits per heavy atom. The molecule has 1 aromatic heterocycles. The first-order valence-electron chi connectivity index (χ1n) is 7.68. The lowest BCUT2D eigenvalue weighted by molar-refractivity contribution is 0.183. The molecule has 2 aliphatic heterocycles. The Balaban J connectivity index is 1.68. The van der Waals surface area contributed by atoms with Crippen LogP contribution < -0.4 is 10.9 Å². The molecular formula is C15H18F2N6. The van der Waals surface area contributed by atoms with Gasteiger partial charge < -0.3 is 4.90 Å². The molecule has 3 heterocycles. The summed E-state index contributed by atoms with van der Waals surface area (Å²) >= 11 is 0. The highest BCUT2D eigenvalue weighted by atomic mass is 19.2. The second-order valence-electron chi connectivity index (χ2n) is 6.22. The summed E-state index contributed by atoms with van der Waals surface area (Å²) in [5.41, 5.74) is 7.08. The zero-order chi connectivity index (χ0) is 16.0. The van der Waals surface area contributed by atoms with Crippen molar-refractivity contribution >= 4 is 0 Å². The van der Waals surface area contributed by atoms with Crippen molar-refractivity contribution in [3.63, 3.8) is 0 Å². The number of halogens is 2. The third-order valence-electron chi connectivity index (χ3n) is 4.71. The Morgan fingerprint density at radius 1 is 1.22 bits per heavy atom. The lowest BCUT2D eigenvalue weighted by Gasteiger charge is -2.33. The fourth-order valence-corrected chi connectivity index (χ4v) is 3.51. The van der Waals surface area contributed by atoms with Crippen LogP contribution in [0.3, 0.4) is 0 Å². The molecule has 2 aliphatic rings. The lowest BCUT2D eigenvalue weighted by Crippen LogP contribution is -2.43. The molecule has 1 aromatic carbocycles. The highest BCUT2D eigenvalue weighted by Crippen LogP contribution is 2.33. The SMILES string of the molecule is CN1CCC2NNC(c3ncnn3-c3ccc(F)c(F)c3)C2C1. The van der Waals surface area contributed by atoms with E-state index in [0.29, 0.717) is 23.5 Å². The zero-order valence-corrected chi connectivity index (χ0v) is 12.7. The van der Waals surface area contributed by atoms with Crippen molar-refractivity contribution in [2.45, 2.75) is 18.5 Å². The fraction of sp³-hybridized carbons (Fsp3) is 0.467. The second-order valence-corrected chi connectivity index (χ2v) is 6.22. The van der Waals surface area contributed by atoms with Crippen LogP contribution in [0.1, 0.15) is 18.3 Å². The van der Waals surface area contributed by atoms with Gasteiger partial charge in [0.05, 0.1) is 11.7 Å². The molecule has 6 nitrogen and oxygen atoms in total. The molecule has 0 bridgehead atoms. The van der Waals surface area contributed by atoms with E-state index in [9.17, 15) is 8.78 Å². The molecule has 0 saturated carbocycles. The van der Waals surface area contributed by atoms with Crippen molar-refractivity contribution in [1.82, 2.24) is 30.5 Å². The number of hydrazine groups is 1. The van der Waals surface area contributed by atoms with Gasteiger partial charge in [-0.15, -0.1) is 0 Å². The second kappa shape index (κ2) is 5.63. The minimum absolute atomic E-state index is 0.0293. The summed E-state index contributed by atoms with van der Waals surface area (Å²) in [6.07, 6.45) is 2.50. The largest absolute Gasteiger partial charge is 0.306 e. The maximum atomic E-state index is 13.5. The number of fused-ring (bicyclic) bond motifs is 1. The third-order valence-corrected chi connectivity index (χ3v) is 4.71. The first kappa shape index (κ1) is 14.7. The van der Waals surface area contributed by atoms with Gasteiger partial charge in [0.1, 0.15) is 6.33 Å². The molecule has 2 N–H and O–H groups in total. The summed E-state index contributed by atoms with van der Waals surface area (Å²) in [6.45, 7) is 2.00. The average molecular weight is 320 g/mol. The quantitative estimate of drug-likeness (QED) is 0.865. The van der Waals surface area contributed by atoms with Crippen molar-refractivity contribution in [2.24, 2.45) is 5.92 Å². The first-order chi connectivity index (χ1) is 11.1. The summed E-state index contributed by atoms with van der Waals surface area (Å²) in [5, 5.41) is 4.19. The van der Waals surface area contributed by atoms with Crippen LogP contribution in [0.4, 0.5) is 8.78 Å². The third kappa shape index (κ3) is 2.52. The van der Waals surface area contributed by atoms with E-state index in [-0.39, 0.29) is 6.04 Å². The van der Waals surface area contributed by atoms with Gasteiger partial charge in [0.15, 0.2) is 17.5 Å². The molecule has 4 rings (SSSR count). The van der Waals surface area contributed by atoms with Crippen molar-refractivity contribution < 1.29 is 8.78 Å². The lowest BCUT2D eigenvalue weighted by atomic mass is 9.88. The number of nitrogens with zero attached hydrogens (tertiary/aromatic N) is 4. The van der Waals surface area contributed by atoms with E-state index in [1.807, 2.05) is 0 Å². The molecule has 0 amide bonds. The minimum Gasteiger partial charge on any atom is -0.306 e. The monoisotopic (exact) mass is 320 g/mol. The smallest absolute Gasteiger partial charge is 0.160 e. The van der Waals surface area contributed by atoms with Crippen LogP contribution in [0.15, 0.2) is 24.5 Å². The van der Waals surface area contributed by atoms with Gasteiger partial charge in [0.2, 0.25) is 0 Å².